The summed E-state index contributed by atoms with van der Waals surface area (Å²) >= 11 is 0. The summed E-state index contributed by atoms with van der Waals surface area (Å²) in [5.74, 6) is 1.16. The Morgan fingerprint density at radius 3 is 2.60 bits per heavy atom. The van der Waals surface area contributed by atoms with Crippen molar-refractivity contribution in [2.45, 2.75) is 19.9 Å². The summed E-state index contributed by atoms with van der Waals surface area (Å²) in [4.78, 5) is 12.0. The van der Waals surface area contributed by atoms with Gasteiger partial charge in [-0.1, -0.05) is 31.2 Å². The zero-order chi connectivity index (χ0) is 20.9. The number of benzene rings is 3. The third-order valence-electron chi connectivity index (χ3n) is 4.88. The molecule has 1 aromatic heterocycles. The van der Waals surface area contributed by atoms with E-state index < -0.39 is 0 Å². The van der Waals surface area contributed by atoms with Crippen LogP contribution >= 0.6 is 0 Å². The van der Waals surface area contributed by atoms with Crippen LogP contribution in [0.5, 0.6) is 11.5 Å². The van der Waals surface area contributed by atoms with E-state index >= 15 is 0 Å². The van der Waals surface area contributed by atoms with E-state index in [4.69, 9.17) is 9.15 Å². The monoisotopic (exact) mass is 396 g/mol. The van der Waals surface area contributed by atoms with Crippen molar-refractivity contribution in [1.82, 2.24) is 0 Å². The number of hydrogen-bond donors (Lipinski definition) is 1. The Kier molecular flexibility index (Phi) is 5.49. The van der Waals surface area contributed by atoms with Gasteiger partial charge in [-0.25, -0.2) is 4.79 Å². The number of rotatable bonds is 6. The molecule has 0 saturated carbocycles. The maximum Gasteiger partial charge on any atom is 0.336 e. The van der Waals surface area contributed by atoms with E-state index in [9.17, 15) is 10.1 Å². The van der Waals surface area contributed by atoms with Crippen molar-refractivity contribution in [3.8, 4) is 17.6 Å². The van der Waals surface area contributed by atoms with Crippen molar-refractivity contribution in [3.05, 3.63) is 99.9 Å². The van der Waals surface area contributed by atoms with Crippen LogP contribution in [-0.4, -0.2) is 0 Å². The molecule has 0 bridgehead atoms. The van der Waals surface area contributed by atoms with Crippen LogP contribution in [0.4, 0.5) is 5.69 Å². The molecule has 0 radical (unpaired) electrons. The number of nitrogens with zero attached hydrogens (tertiary/aromatic N) is 1. The molecule has 4 aromatic rings. The quantitative estimate of drug-likeness (QED) is 0.427. The molecule has 5 heteroatoms. The average molecular weight is 396 g/mol. The average Bonchev–Trinajstić information content (AvgIpc) is 2.78. The second kappa shape index (κ2) is 8.54. The number of ether oxygens (including phenoxy) is 1. The normalized spacial score (nSPS) is 10.5. The maximum absolute atomic E-state index is 12.0. The second-order valence-corrected chi connectivity index (χ2v) is 6.86. The largest absolute Gasteiger partial charge is 0.456 e. The number of anilines is 1. The third kappa shape index (κ3) is 4.18. The topological polar surface area (TPSA) is 75.3 Å². The van der Waals surface area contributed by atoms with Gasteiger partial charge in [0.2, 0.25) is 0 Å². The summed E-state index contributed by atoms with van der Waals surface area (Å²) in [6.07, 6.45) is 0.884. The molecular formula is C25H20N2O3. The number of nitriles is 1. The zero-order valence-electron chi connectivity index (χ0n) is 16.5. The first-order chi connectivity index (χ1) is 14.7. The van der Waals surface area contributed by atoms with E-state index in [2.05, 4.69) is 24.4 Å². The Morgan fingerprint density at radius 2 is 1.83 bits per heavy atom. The Hall–Kier alpha value is -4.04. The first kappa shape index (κ1) is 19.3. The van der Waals surface area contributed by atoms with Crippen LogP contribution in [0.15, 0.2) is 82.0 Å². The Morgan fingerprint density at radius 1 is 1.03 bits per heavy atom. The van der Waals surface area contributed by atoms with Crippen molar-refractivity contribution in [3.63, 3.8) is 0 Å². The van der Waals surface area contributed by atoms with E-state index in [0.29, 0.717) is 29.2 Å². The maximum atomic E-state index is 12.0. The molecule has 148 valence electrons. The lowest BCUT2D eigenvalue weighted by Crippen LogP contribution is -2.06. The molecule has 0 saturated heterocycles. The molecule has 0 amide bonds. The van der Waals surface area contributed by atoms with Crippen LogP contribution in [0.2, 0.25) is 0 Å². The Balaban J connectivity index is 1.49. The lowest BCUT2D eigenvalue weighted by molar-refractivity contribution is 0.481. The highest BCUT2D eigenvalue weighted by Gasteiger charge is 2.07. The van der Waals surface area contributed by atoms with Crippen LogP contribution < -0.4 is 15.7 Å². The molecule has 3 aromatic carbocycles. The molecule has 1 heterocycles. The highest BCUT2D eigenvalue weighted by molar-refractivity contribution is 5.81. The molecule has 0 atom stereocenters. The van der Waals surface area contributed by atoms with E-state index in [0.717, 1.165) is 28.6 Å². The van der Waals surface area contributed by atoms with Gasteiger partial charge in [-0.15, -0.1) is 0 Å². The minimum atomic E-state index is -0.354. The standard InChI is InChI=1S/C25H20N2O3/c1-2-17-7-12-22-19(14-25(28)30-24(22)13-17)16-27-20-8-10-21(11-9-20)29-23-6-4-3-5-18(23)15-26/h3-14,27H,2,16H2,1H3. The Labute approximate surface area is 174 Å². The number of aryl methyl sites for hydroxylation is 1. The van der Waals surface area contributed by atoms with Crippen molar-refractivity contribution in [1.29, 1.82) is 5.26 Å². The van der Waals surface area contributed by atoms with Gasteiger partial charge in [-0.3, -0.25) is 0 Å². The summed E-state index contributed by atoms with van der Waals surface area (Å²) in [5, 5.41) is 13.4. The van der Waals surface area contributed by atoms with Crippen LogP contribution in [0.1, 0.15) is 23.6 Å². The van der Waals surface area contributed by atoms with Crippen molar-refractivity contribution in [2.75, 3.05) is 5.32 Å². The van der Waals surface area contributed by atoms with E-state index in [1.165, 1.54) is 6.07 Å². The molecule has 0 fully saturated rings. The van der Waals surface area contributed by atoms with Gasteiger partial charge in [0.05, 0.1) is 5.56 Å². The number of nitrogens with one attached hydrogen (secondary N) is 1. The van der Waals surface area contributed by atoms with E-state index in [-0.39, 0.29) is 5.63 Å². The van der Waals surface area contributed by atoms with Crippen molar-refractivity contribution < 1.29 is 9.15 Å². The second-order valence-electron chi connectivity index (χ2n) is 6.86. The minimum absolute atomic E-state index is 0.354. The lowest BCUT2D eigenvalue weighted by atomic mass is 10.1. The lowest BCUT2D eigenvalue weighted by Gasteiger charge is -2.11. The molecule has 0 unspecified atom stereocenters. The fourth-order valence-electron chi connectivity index (χ4n) is 3.25. The minimum Gasteiger partial charge on any atom is -0.456 e. The van der Waals surface area contributed by atoms with Gasteiger partial charge >= 0.3 is 5.63 Å². The molecule has 4 rings (SSSR count). The third-order valence-corrected chi connectivity index (χ3v) is 4.88. The smallest absolute Gasteiger partial charge is 0.336 e. The van der Waals surface area contributed by atoms with Crippen molar-refractivity contribution >= 4 is 16.7 Å². The SMILES string of the molecule is CCc1ccc2c(CNc3ccc(Oc4ccccc4C#N)cc3)cc(=O)oc2c1. The molecule has 30 heavy (non-hydrogen) atoms. The van der Waals surface area contributed by atoms with Gasteiger partial charge in [0.25, 0.3) is 0 Å². The van der Waals surface area contributed by atoms with Gasteiger partial charge in [0.15, 0.2) is 0 Å². The summed E-state index contributed by atoms with van der Waals surface area (Å²) < 4.78 is 11.2. The first-order valence-electron chi connectivity index (χ1n) is 9.73. The fourth-order valence-corrected chi connectivity index (χ4v) is 3.25. The van der Waals surface area contributed by atoms with Crippen LogP contribution in [0.3, 0.4) is 0 Å². The predicted molar refractivity (Wildman–Crippen MR) is 117 cm³/mol. The number of para-hydroxylation sites is 1. The van der Waals surface area contributed by atoms with Crippen molar-refractivity contribution in [2.24, 2.45) is 0 Å². The van der Waals surface area contributed by atoms with Gasteiger partial charge < -0.3 is 14.5 Å². The van der Waals surface area contributed by atoms with Gasteiger partial charge in [0.1, 0.15) is 23.2 Å². The fraction of sp³-hybridized carbons (Fsp3) is 0.120. The van der Waals surface area contributed by atoms with Crippen LogP contribution in [-0.2, 0) is 13.0 Å². The van der Waals surface area contributed by atoms with Crippen LogP contribution in [0.25, 0.3) is 11.0 Å². The summed E-state index contributed by atoms with van der Waals surface area (Å²) in [5.41, 5.74) is 3.64. The zero-order valence-corrected chi connectivity index (χ0v) is 16.5. The molecular weight excluding hydrogens is 376 g/mol. The number of hydrogen-bond acceptors (Lipinski definition) is 5. The molecule has 5 nitrogen and oxygen atoms in total. The van der Waals surface area contributed by atoms with E-state index in [1.54, 1.807) is 18.2 Å². The molecule has 0 aliphatic heterocycles. The highest BCUT2D eigenvalue weighted by Crippen LogP contribution is 2.26. The summed E-state index contributed by atoms with van der Waals surface area (Å²) in [6, 6.07) is 24.2. The number of fused-ring (bicyclic) bond motifs is 1. The van der Waals surface area contributed by atoms with E-state index in [1.807, 2.05) is 42.5 Å². The molecule has 0 aliphatic rings. The summed E-state index contributed by atoms with van der Waals surface area (Å²) in [6.45, 7) is 2.56. The van der Waals surface area contributed by atoms with Gasteiger partial charge in [-0.05, 0) is 60.0 Å². The first-order valence-corrected chi connectivity index (χ1v) is 9.73. The predicted octanol–water partition coefficient (Wildman–Crippen LogP) is 5.63. The summed E-state index contributed by atoms with van der Waals surface area (Å²) in [7, 11) is 0. The van der Waals surface area contributed by atoms with Gasteiger partial charge in [-0.2, -0.15) is 5.26 Å². The van der Waals surface area contributed by atoms with Crippen LogP contribution in [0, 0.1) is 11.3 Å². The molecule has 0 spiro atoms. The molecule has 0 aliphatic carbocycles. The Bertz CT molecular complexity index is 1280. The highest BCUT2D eigenvalue weighted by atomic mass is 16.5. The van der Waals surface area contributed by atoms with Gasteiger partial charge in [0, 0.05) is 23.7 Å². The molecule has 1 N–H and O–H groups in total.